The third kappa shape index (κ3) is 3.17. The molecule has 0 heterocycles. The first kappa shape index (κ1) is 27.3. The highest BCUT2D eigenvalue weighted by atomic mass is 16.3. The van der Waals surface area contributed by atoms with Crippen molar-refractivity contribution < 1.29 is 19.5 Å². The molecule has 0 unspecified atom stereocenters. The molecule has 6 nitrogen and oxygen atoms in total. The van der Waals surface area contributed by atoms with E-state index in [1.54, 1.807) is 17.9 Å². The Bertz CT molecular complexity index is 1230. The Balaban J connectivity index is 1.71. The molecule has 38 heavy (non-hydrogen) atoms. The van der Waals surface area contributed by atoms with E-state index >= 15 is 0 Å². The molecule has 5 aliphatic carbocycles. The number of fused-ring (bicyclic) bond motifs is 7. The largest absolute Gasteiger partial charge is 0.383 e. The van der Waals surface area contributed by atoms with E-state index in [1.807, 2.05) is 27.1 Å². The Kier molecular flexibility index (Phi) is 5.68. The SMILES string of the molecule is [C-]#[N+]C1=C[C@]2(C)C3=CC(=O)[C@@H]4[C@@H]5CC(C)(C)CC[C@]5(C(=O)N(C)C)CC[C@@]4(C)[C@]3(C)CC[C@H]2[C@](C)(O)C1=O. The third-order valence-corrected chi connectivity index (χ3v) is 12.4. The first-order chi connectivity index (χ1) is 17.4. The summed E-state index contributed by atoms with van der Waals surface area (Å²) in [6.07, 6.45) is 9.16. The fraction of sp³-hybridized carbons (Fsp3) is 0.750. The van der Waals surface area contributed by atoms with E-state index in [0.29, 0.717) is 6.42 Å². The fourth-order valence-corrected chi connectivity index (χ4v) is 10.1. The topological polar surface area (TPSA) is 79.0 Å². The second-order valence-electron chi connectivity index (χ2n) is 15.0. The summed E-state index contributed by atoms with van der Waals surface area (Å²) in [4.78, 5) is 46.5. The average Bonchev–Trinajstić information content (AvgIpc) is 2.82. The van der Waals surface area contributed by atoms with Crippen LogP contribution in [0.2, 0.25) is 0 Å². The van der Waals surface area contributed by atoms with E-state index in [0.717, 1.165) is 44.1 Å². The van der Waals surface area contributed by atoms with Crippen molar-refractivity contribution in [1.29, 1.82) is 0 Å². The van der Waals surface area contributed by atoms with Crippen molar-refractivity contribution in [2.45, 2.75) is 92.1 Å². The Morgan fingerprint density at radius 1 is 1.03 bits per heavy atom. The van der Waals surface area contributed by atoms with Gasteiger partial charge in [0.25, 0.3) is 0 Å². The molecule has 0 saturated heterocycles. The van der Waals surface area contributed by atoms with Crippen molar-refractivity contribution in [3.8, 4) is 0 Å². The molecular weight excluding hydrogens is 476 g/mol. The van der Waals surface area contributed by atoms with Crippen molar-refractivity contribution in [1.82, 2.24) is 4.90 Å². The van der Waals surface area contributed by atoms with Crippen LogP contribution in [-0.4, -0.2) is 47.2 Å². The first-order valence-electron chi connectivity index (χ1n) is 14.3. The van der Waals surface area contributed by atoms with Crippen LogP contribution < -0.4 is 0 Å². The van der Waals surface area contributed by atoms with E-state index < -0.39 is 28.1 Å². The van der Waals surface area contributed by atoms with Gasteiger partial charge in [-0.05, 0) is 80.1 Å². The maximum atomic E-state index is 14.4. The van der Waals surface area contributed by atoms with Crippen molar-refractivity contribution in [2.24, 2.45) is 44.8 Å². The predicted molar refractivity (Wildman–Crippen MR) is 145 cm³/mol. The summed E-state index contributed by atoms with van der Waals surface area (Å²) in [5.41, 5.74) is -2.68. The van der Waals surface area contributed by atoms with E-state index in [4.69, 9.17) is 6.57 Å². The van der Waals surface area contributed by atoms with Crippen molar-refractivity contribution in [3.05, 3.63) is 34.8 Å². The van der Waals surface area contributed by atoms with Gasteiger partial charge in [0.1, 0.15) is 5.60 Å². The lowest BCUT2D eigenvalue weighted by Gasteiger charge is -2.69. The molecule has 0 aromatic carbocycles. The standard InChI is InChI=1S/C32H44N2O4/c1-27(2)12-14-32(26(37)34(8)9)15-13-30(5)24(19(32)17-27)21(35)16-23-28(3)18-20(33-7)25(36)31(6,38)22(28)10-11-29(23,30)4/h16,18-19,22,24,38H,10-15,17H2,1-6,8-9H3/t19-,22+,24-,28-,29+,30+,31-,32-/m0/s1. The van der Waals surface area contributed by atoms with E-state index in [9.17, 15) is 19.5 Å². The summed E-state index contributed by atoms with van der Waals surface area (Å²) in [5, 5.41) is 11.4. The van der Waals surface area contributed by atoms with Crippen molar-refractivity contribution in [2.75, 3.05) is 14.1 Å². The zero-order valence-electron chi connectivity index (χ0n) is 24.4. The quantitative estimate of drug-likeness (QED) is 0.472. The lowest BCUT2D eigenvalue weighted by atomic mass is 9.34. The highest BCUT2D eigenvalue weighted by molar-refractivity contribution is 6.05. The molecule has 0 aromatic heterocycles. The number of carbonyl (C=O) groups excluding carboxylic acids is 3. The number of hydrogen-bond acceptors (Lipinski definition) is 4. The van der Waals surface area contributed by atoms with Gasteiger partial charge in [-0.3, -0.25) is 9.59 Å². The average molecular weight is 521 g/mol. The Morgan fingerprint density at radius 3 is 2.26 bits per heavy atom. The minimum absolute atomic E-state index is 0.0297. The molecule has 0 radical (unpaired) electrons. The number of amides is 1. The van der Waals surface area contributed by atoms with Crippen LogP contribution in [0.3, 0.4) is 0 Å². The highest BCUT2D eigenvalue weighted by Crippen LogP contribution is 2.74. The molecule has 8 atom stereocenters. The molecule has 6 heteroatoms. The molecule has 1 amide bonds. The molecule has 0 aromatic rings. The van der Waals surface area contributed by atoms with Crippen LogP contribution in [0.4, 0.5) is 0 Å². The lowest BCUT2D eigenvalue weighted by Crippen LogP contribution is -2.67. The monoisotopic (exact) mass is 520 g/mol. The zero-order valence-corrected chi connectivity index (χ0v) is 24.4. The van der Waals surface area contributed by atoms with Crippen molar-refractivity contribution >= 4 is 17.5 Å². The Morgan fingerprint density at radius 2 is 1.66 bits per heavy atom. The summed E-state index contributed by atoms with van der Waals surface area (Å²) < 4.78 is 0. The number of allylic oxidation sites excluding steroid dienone is 3. The summed E-state index contributed by atoms with van der Waals surface area (Å²) >= 11 is 0. The maximum Gasteiger partial charge on any atom is 0.229 e. The van der Waals surface area contributed by atoms with E-state index in [-0.39, 0.29) is 45.5 Å². The summed E-state index contributed by atoms with van der Waals surface area (Å²) in [5.74, 6) is -0.961. The number of nitrogens with zero attached hydrogens (tertiary/aromatic N) is 2. The molecular formula is C32H44N2O4. The van der Waals surface area contributed by atoms with Gasteiger partial charge in [0.2, 0.25) is 11.6 Å². The molecule has 3 fully saturated rings. The number of Topliss-reactive ketones (excluding diaryl/α,β-unsaturated/α-hetero) is 1. The Labute approximate surface area is 227 Å². The van der Waals surface area contributed by atoms with Crippen LogP contribution in [0.1, 0.15) is 86.5 Å². The number of carbonyl (C=O) groups is 3. The van der Waals surface area contributed by atoms with Crippen LogP contribution in [0.25, 0.3) is 4.85 Å². The third-order valence-electron chi connectivity index (χ3n) is 12.4. The minimum Gasteiger partial charge on any atom is -0.383 e. The summed E-state index contributed by atoms with van der Waals surface area (Å²) in [7, 11) is 3.67. The van der Waals surface area contributed by atoms with Gasteiger partial charge < -0.3 is 14.8 Å². The highest BCUT2D eigenvalue weighted by Gasteiger charge is 2.71. The second-order valence-corrected chi connectivity index (χ2v) is 15.0. The molecule has 3 saturated carbocycles. The van der Waals surface area contributed by atoms with Crippen LogP contribution >= 0.6 is 0 Å². The smallest absolute Gasteiger partial charge is 0.229 e. The molecule has 1 N–H and O–H groups in total. The first-order valence-corrected chi connectivity index (χ1v) is 14.3. The van der Waals surface area contributed by atoms with E-state index in [2.05, 4.69) is 32.5 Å². The van der Waals surface area contributed by atoms with Crippen LogP contribution in [0, 0.1) is 51.4 Å². The number of hydrogen-bond donors (Lipinski definition) is 1. The second kappa shape index (κ2) is 7.90. The van der Waals surface area contributed by atoms with Crippen molar-refractivity contribution in [3.63, 3.8) is 0 Å². The number of aliphatic hydroxyl groups is 1. The van der Waals surface area contributed by atoms with Crippen LogP contribution in [-0.2, 0) is 14.4 Å². The summed E-state index contributed by atoms with van der Waals surface area (Å²) in [6, 6.07) is 0. The van der Waals surface area contributed by atoms with Gasteiger partial charge in [-0.15, -0.1) is 0 Å². The molecule has 0 spiro atoms. The van der Waals surface area contributed by atoms with Gasteiger partial charge in [0, 0.05) is 31.3 Å². The zero-order chi connectivity index (χ0) is 28.3. The van der Waals surface area contributed by atoms with Gasteiger partial charge in [-0.1, -0.05) is 46.3 Å². The Hall–Kier alpha value is -2.26. The number of ketones is 2. The van der Waals surface area contributed by atoms with E-state index in [1.165, 1.54) is 0 Å². The van der Waals surface area contributed by atoms with Gasteiger partial charge in [0.15, 0.2) is 11.6 Å². The van der Waals surface area contributed by atoms with Crippen LogP contribution in [0.15, 0.2) is 23.4 Å². The van der Waals surface area contributed by atoms with Gasteiger partial charge in [0.05, 0.1) is 12.0 Å². The molecule has 206 valence electrons. The summed E-state index contributed by atoms with van der Waals surface area (Å²) in [6.45, 7) is 20.3. The lowest BCUT2D eigenvalue weighted by molar-refractivity contribution is -0.184. The van der Waals surface area contributed by atoms with Gasteiger partial charge in [-0.25, -0.2) is 4.85 Å². The fourth-order valence-electron chi connectivity index (χ4n) is 10.1. The molecule has 5 rings (SSSR count). The predicted octanol–water partition coefficient (Wildman–Crippen LogP) is 5.37. The minimum atomic E-state index is -1.65. The van der Waals surface area contributed by atoms with Crippen LogP contribution in [0.5, 0.6) is 0 Å². The van der Waals surface area contributed by atoms with Gasteiger partial charge >= 0.3 is 0 Å². The molecule has 0 bridgehead atoms. The maximum absolute atomic E-state index is 14.4. The molecule has 0 aliphatic heterocycles. The number of rotatable bonds is 1. The van der Waals surface area contributed by atoms with Gasteiger partial charge in [-0.2, -0.15) is 0 Å². The normalized spacial score (nSPS) is 47.3. The molecule has 5 aliphatic rings.